The Morgan fingerprint density at radius 1 is 1.05 bits per heavy atom. The van der Waals surface area contributed by atoms with E-state index in [0.717, 1.165) is 69.2 Å². The molecule has 3 aromatic carbocycles. The number of para-hydroxylation sites is 1. The summed E-state index contributed by atoms with van der Waals surface area (Å²) in [7, 11) is 0. The van der Waals surface area contributed by atoms with E-state index in [0.29, 0.717) is 50.8 Å². The van der Waals surface area contributed by atoms with Gasteiger partial charge in [0.1, 0.15) is 11.4 Å². The molecule has 7 heteroatoms. The number of rotatable bonds is 8. The fourth-order valence-corrected chi connectivity index (χ4v) is 6.52. The molecule has 3 heterocycles. The van der Waals surface area contributed by atoms with Gasteiger partial charge in [-0.25, -0.2) is 4.79 Å². The predicted molar refractivity (Wildman–Crippen MR) is 164 cm³/mol. The van der Waals surface area contributed by atoms with Gasteiger partial charge in [0.25, 0.3) is 0 Å². The number of aromatic nitrogens is 3. The van der Waals surface area contributed by atoms with Crippen molar-refractivity contribution < 1.29 is 19.4 Å². The molecular formula is C35H35N3O4. The largest absolute Gasteiger partial charge is 0.493 e. The average molecular weight is 562 g/mol. The predicted octanol–water partition coefficient (Wildman–Crippen LogP) is 7.35. The van der Waals surface area contributed by atoms with Crippen LogP contribution in [0.3, 0.4) is 0 Å². The second kappa shape index (κ2) is 11.1. The number of benzene rings is 3. The number of carboxylic acids is 1. The highest BCUT2D eigenvalue weighted by molar-refractivity contribution is 6.04. The molecule has 0 radical (unpaired) electrons. The van der Waals surface area contributed by atoms with Crippen molar-refractivity contribution in [3.05, 3.63) is 95.5 Å². The number of carboxylic acid groups (broad SMARTS) is 1. The number of carbonyl (C=O) groups is 1. The lowest BCUT2D eigenvalue weighted by atomic mass is 9.96. The lowest BCUT2D eigenvalue weighted by Crippen LogP contribution is -2.11. The third-order valence-electron chi connectivity index (χ3n) is 8.47. The van der Waals surface area contributed by atoms with Crippen LogP contribution in [0.25, 0.3) is 32.8 Å². The van der Waals surface area contributed by atoms with E-state index in [1.165, 1.54) is 5.69 Å². The van der Waals surface area contributed by atoms with E-state index in [4.69, 9.17) is 14.6 Å². The fraction of sp³-hybridized carbons (Fsp3) is 0.314. The minimum absolute atomic E-state index is 0.352. The van der Waals surface area contributed by atoms with Gasteiger partial charge in [0.15, 0.2) is 0 Å². The van der Waals surface area contributed by atoms with Gasteiger partial charge in [-0.15, -0.1) is 0 Å². The van der Waals surface area contributed by atoms with Gasteiger partial charge in [-0.2, -0.15) is 5.10 Å². The highest BCUT2D eigenvalue weighted by Gasteiger charge is 2.34. The maximum atomic E-state index is 12.9. The quantitative estimate of drug-likeness (QED) is 0.158. The van der Waals surface area contributed by atoms with E-state index in [2.05, 4.69) is 48.0 Å². The van der Waals surface area contributed by atoms with Gasteiger partial charge in [-0.3, -0.25) is 4.68 Å². The van der Waals surface area contributed by atoms with Gasteiger partial charge in [0.2, 0.25) is 0 Å². The Bertz CT molecular complexity index is 1820. The van der Waals surface area contributed by atoms with Crippen LogP contribution in [-0.2, 0) is 30.9 Å². The van der Waals surface area contributed by atoms with Gasteiger partial charge >= 0.3 is 5.97 Å². The Kier molecular flexibility index (Phi) is 7.04. The number of hydrogen-bond acceptors (Lipinski definition) is 4. The van der Waals surface area contributed by atoms with Crippen molar-refractivity contribution in [3.63, 3.8) is 0 Å². The maximum absolute atomic E-state index is 12.9. The third-order valence-corrected chi connectivity index (χ3v) is 8.47. The Morgan fingerprint density at radius 2 is 1.86 bits per heavy atom. The van der Waals surface area contributed by atoms with E-state index in [1.54, 1.807) is 0 Å². The molecule has 1 fully saturated rings. The number of aromatic carboxylic acids is 1. The number of nitrogens with zero attached hydrogens (tertiary/aromatic N) is 3. The maximum Gasteiger partial charge on any atom is 0.352 e. The first-order valence-corrected chi connectivity index (χ1v) is 15.0. The van der Waals surface area contributed by atoms with Crippen LogP contribution in [0.1, 0.15) is 59.5 Å². The molecule has 2 aliphatic rings. The van der Waals surface area contributed by atoms with Crippen LogP contribution in [0.4, 0.5) is 0 Å². The SMILES string of the molecule is CCn1nc2c(c1C1CC1)-c1cccc3c(CCCOc4cccc5ccccc45)c(C(=O)O)n(c13)C/C=C\COC2. The summed E-state index contributed by atoms with van der Waals surface area (Å²) in [6.07, 6.45) is 7.58. The van der Waals surface area contributed by atoms with E-state index < -0.39 is 5.97 Å². The third kappa shape index (κ3) is 4.68. The minimum atomic E-state index is -0.909. The molecule has 0 spiro atoms. The van der Waals surface area contributed by atoms with Gasteiger partial charge in [-0.1, -0.05) is 66.7 Å². The van der Waals surface area contributed by atoms with Gasteiger partial charge in [0.05, 0.1) is 31.0 Å². The fourth-order valence-electron chi connectivity index (χ4n) is 6.52. The molecule has 7 nitrogen and oxygen atoms in total. The van der Waals surface area contributed by atoms with Crippen LogP contribution < -0.4 is 4.74 Å². The topological polar surface area (TPSA) is 78.5 Å². The van der Waals surface area contributed by atoms with Gasteiger partial charge < -0.3 is 19.1 Å². The van der Waals surface area contributed by atoms with Crippen molar-refractivity contribution in [1.82, 2.24) is 14.3 Å². The van der Waals surface area contributed by atoms with Crippen molar-refractivity contribution in [2.75, 3.05) is 13.2 Å². The standard InChI is InChI=1S/C35H35N3O4/c1-2-38-32(24-17-18-24)31-28-14-8-13-26-27(15-9-21-42-30-16-7-11-23-10-3-4-12-25(23)30)34(35(39)40)37(33(26)28)19-5-6-20-41-22-29(31)36-38/h3-8,10-14,16,24H,2,9,15,17-22H2,1H3,(H,39,40)/b6-5-. The zero-order valence-corrected chi connectivity index (χ0v) is 23.9. The average Bonchev–Trinajstić information content (AvgIpc) is 3.71. The Morgan fingerprint density at radius 3 is 2.69 bits per heavy atom. The van der Waals surface area contributed by atoms with Crippen LogP contribution in [0, 0.1) is 0 Å². The van der Waals surface area contributed by atoms with Crippen molar-refractivity contribution >= 4 is 27.6 Å². The molecule has 0 unspecified atom stereocenters. The minimum Gasteiger partial charge on any atom is -0.493 e. The first-order valence-electron chi connectivity index (χ1n) is 15.0. The summed E-state index contributed by atoms with van der Waals surface area (Å²) in [6, 6.07) is 20.5. The van der Waals surface area contributed by atoms with E-state index in [9.17, 15) is 9.90 Å². The second-order valence-corrected chi connectivity index (χ2v) is 11.2. The molecule has 0 amide bonds. The Labute approximate surface area is 245 Å². The zero-order valence-electron chi connectivity index (χ0n) is 23.9. The Hall–Kier alpha value is -4.36. The molecule has 1 aliphatic carbocycles. The summed E-state index contributed by atoms with van der Waals surface area (Å²) in [5.74, 6) is 0.424. The molecule has 0 atom stereocenters. The van der Waals surface area contributed by atoms with E-state index in [-0.39, 0.29) is 0 Å². The number of ether oxygens (including phenoxy) is 2. The normalized spacial score (nSPS) is 15.8. The molecule has 42 heavy (non-hydrogen) atoms. The highest BCUT2D eigenvalue weighted by atomic mass is 16.5. The molecule has 0 bridgehead atoms. The van der Waals surface area contributed by atoms with Crippen LogP contribution in [0.15, 0.2) is 72.8 Å². The summed E-state index contributed by atoms with van der Waals surface area (Å²) in [5.41, 5.74) is 6.52. The summed E-state index contributed by atoms with van der Waals surface area (Å²) in [6.45, 7) is 4.75. The zero-order chi connectivity index (χ0) is 28.6. The monoisotopic (exact) mass is 561 g/mol. The number of fused-ring (bicyclic) bond motifs is 3. The number of aryl methyl sites for hydroxylation is 2. The summed E-state index contributed by atoms with van der Waals surface area (Å²) < 4.78 is 16.3. The van der Waals surface area contributed by atoms with Crippen molar-refractivity contribution in [2.45, 2.75) is 58.2 Å². The highest BCUT2D eigenvalue weighted by Crippen LogP contribution is 2.48. The van der Waals surface area contributed by atoms with Crippen LogP contribution in [0.2, 0.25) is 0 Å². The summed E-state index contributed by atoms with van der Waals surface area (Å²) in [4.78, 5) is 12.9. The van der Waals surface area contributed by atoms with Crippen molar-refractivity contribution in [3.8, 4) is 16.9 Å². The van der Waals surface area contributed by atoms with Gasteiger partial charge in [-0.05, 0) is 49.6 Å². The van der Waals surface area contributed by atoms with Gasteiger partial charge in [0, 0.05) is 46.6 Å². The van der Waals surface area contributed by atoms with E-state index >= 15 is 0 Å². The van der Waals surface area contributed by atoms with Crippen LogP contribution in [0.5, 0.6) is 5.75 Å². The molecule has 1 saturated carbocycles. The van der Waals surface area contributed by atoms with Crippen molar-refractivity contribution in [2.24, 2.45) is 0 Å². The lowest BCUT2D eigenvalue weighted by Gasteiger charge is -2.12. The molecular weight excluding hydrogens is 526 g/mol. The number of allylic oxidation sites excluding steroid dienone is 1. The number of hydrogen-bond donors (Lipinski definition) is 1. The summed E-state index contributed by atoms with van der Waals surface area (Å²) in [5, 5.41) is 18.8. The molecule has 214 valence electrons. The molecule has 1 aliphatic heterocycles. The molecule has 2 aromatic heterocycles. The van der Waals surface area contributed by atoms with Crippen LogP contribution in [-0.4, -0.2) is 38.6 Å². The molecule has 5 aromatic rings. The molecule has 0 saturated heterocycles. The lowest BCUT2D eigenvalue weighted by molar-refractivity contribution is 0.0685. The second-order valence-electron chi connectivity index (χ2n) is 11.2. The molecule has 1 N–H and O–H groups in total. The first-order chi connectivity index (χ1) is 20.7. The van der Waals surface area contributed by atoms with Crippen LogP contribution >= 0.6 is 0 Å². The Balaban J connectivity index is 1.31. The summed E-state index contributed by atoms with van der Waals surface area (Å²) >= 11 is 0. The van der Waals surface area contributed by atoms with E-state index in [1.807, 2.05) is 41.0 Å². The molecule has 7 rings (SSSR count). The smallest absolute Gasteiger partial charge is 0.352 e. The van der Waals surface area contributed by atoms with Crippen molar-refractivity contribution in [1.29, 1.82) is 0 Å². The first kappa shape index (κ1) is 26.5.